The summed E-state index contributed by atoms with van der Waals surface area (Å²) in [5.41, 5.74) is 3.97. The van der Waals surface area contributed by atoms with E-state index < -0.39 is 0 Å². The van der Waals surface area contributed by atoms with Crippen LogP contribution in [0.4, 0.5) is 5.69 Å². The normalized spacial score (nSPS) is 14.3. The quantitative estimate of drug-likeness (QED) is 0.549. The van der Waals surface area contributed by atoms with E-state index in [-0.39, 0.29) is 5.91 Å². The fourth-order valence-electron chi connectivity index (χ4n) is 3.75. The van der Waals surface area contributed by atoms with Crippen molar-refractivity contribution in [2.75, 3.05) is 45.7 Å². The van der Waals surface area contributed by atoms with Gasteiger partial charge in [0.25, 0.3) is 5.91 Å². The Morgan fingerprint density at radius 1 is 1.12 bits per heavy atom. The molecule has 0 aliphatic carbocycles. The molecule has 1 N–H and O–H groups in total. The number of nitrogens with one attached hydrogen (secondary N) is 1. The predicted octanol–water partition coefficient (Wildman–Crippen LogP) is 5.07. The first-order valence-electron chi connectivity index (χ1n) is 11.8. The van der Waals surface area contributed by atoms with E-state index in [2.05, 4.69) is 41.0 Å². The number of rotatable bonds is 6. The van der Waals surface area contributed by atoms with Crippen LogP contribution in [-0.2, 0) is 6.54 Å². The molecule has 0 unspecified atom stereocenters. The van der Waals surface area contributed by atoms with Gasteiger partial charge in [0.2, 0.25) is 0 Å². The highest BCUT2D eigenvalue weighted by atomic mass is 16.5. The Kier molecular flexibility index (Phi) is 9.24. The van der Waals surface area contributed by atoms with E-state index in [0.717, 1.165) is 48.7 Å². The van der Waals surface area contributed by atoms with Crippen LogP contribution in [0.1, 0.15) is 42.1 Å². The molecule has 7 heteroatoms. The number of hydrogen-bond acceptors (Lipinski definition) is 6. The molecule has 1 fully saturated rings. The Labute approximate surface area is 202 Å². The van der Waals surface area contributed by atoms with Gasteiger partial charge in [-0.3, -0.25) is 9.69 Å². The molecular weight excluding hydrogens is 428 g/mol. The van der Waals surface area contributed by atoms with Crippen LogP contribution in [0.2, 0.25) is 0 Å². The average molecular weight is 465 g/mol. The van der Waals surface area contributed by atoms with Gasteiger partial charge in [-0.1, -0.05) is 32.4 Å². The van der Waals surface area contributed by atoms with Crippen LogP contribution in [0.5, 0.6) is 5.75 Å². The molecule has 1 amide bonds. The average Bonchev–Trinajstić information content (AvgIpc) is 3.27. The van der Waals surface area contributed by atoms with Crippen LogP contribution in [0.25, 0.3) is 11.3 Å². The number of methoxy groups -OCH3 is 1. The van der Waals surface area contributed by atoms with Crippen LogP contribution in [0, 0.1) is 6.92 Å². The minimum atomic E-state index is -0.139. The summed E-state index contributed by atoms with van der Waals surface area (Å²) in [5.74, 6) is 1.22. The number of anilines is 1. The number of oxazole rings is 1. The maximum Gasteiger partial charge on any atom is 0.255 e. The van der Waals surface area contributed by atoms with Crippen molar-refractivity contribution in [3.8, 4) is 17.0 Å². The highest BCUT2D eigenvalue weighted by Crippen LogP contribution is 2.24. The van der Waals surface area contributed by atoms with Crippen LogP contribution in [0.15, 0.2) is 53.1 Å². The van der Waals surface area contributed by atoms with Gasteiger partial charge in [-0.25, -0.2) is 4.98 Å². The Balaban J connectivity index is 0.00000103. The Hall–Kier alpha value is -3.16. The fourth-order valence-corrected chi connectivity index (χ4v) is 3.75. The van der Waals surface area contributed by atoms with Gasteiger partial charge >= 0.3 is 0 Å². The molecule has 34 heavy (non-hydrogen) atoms. The number of piperazine rings is 1. The lowest BCUT2D eigenvalue weighted by molar-refractivity contribution is 0.102. The second kappa shape index (κ2) is 12.3. The lowest BCUT2D eigenvalue weighted by Crippen LogP contribution is -2.44. The molecule has 1 aliphatic rings. The molecule has 1 aliphatic heterocycles. The van der Waals surface area contributed by atoms with E-state index in [4.69, 9.17) is 9.15 Å². The first-order valence-corrected chi connectivity index (χ1v) is 11.8. The molecule has 0 bridgehead atoms. The van der Waals surface area contributed by atoms with Gasteiger partial charge in [0.05, 0.1) is 7.11 Å². The van der Waals surface area contributed by atoms with Crippen molar-refractivity contribution in [2.24, 2.45) is 0 Å². The summed E-state index contributed by atoms with van der Waals surface area (Å²) in [5, 5.41) is 3.03. The SMILES string of the molecule is CCC.COc1ccc(C(=O)Nc2cccc(-c3coc(C)n3)c2)c(CN2CCN(C)CC2)c1. The van der Waals surface area contributed by atoms with Crippen molar-refractivity contribution in [1.29, 1.82) is 0 Å². The third-order valence-corrected chi connectivity index (χ3v) is 5.58. The Morgan fingerprint density at radius 3 is 2.50 bits per heavy atom. The molecule has 1 aromatic heterocycles. The third kappa shape index (κ3) is 6.92. The van der Waals surface area contributed by atoms with Crippen LogP contribution < -0.4 is 10.1 Å². The smallest absolute Gasteiger partial charge is 0.255 e. The van der Waals surface area contributed by atoms with Crippen molar-refractivity contribution < 1.29 is 13.9 Å². The zero-order valence-corrected chi connectivity index (χ0v) is 20.9. The molecule has 2 aromatic carbocycles. The summed E-state index contributed by atoms with van der Waals surface area (Å²) in [6.45, 7) is 10.8. The standard InChI is InChI=1S/C24H28N4O3.C3H8/c1-17-25-23(16-31-17)18-5-4-6-20(13-18)26-24(29)22-8-7-21(30-3)14-19(22)15-28-11-9-27(2)10-12-28;1-3-2/h4-8,13-14,16H,9-12,15H2,1-3H3,(H,26,29);3H2,1-2H3. The Morgan fingerprint density at radius 2 is 1.85 bits per heavy atom. The lowest BCUT2D eigenvalue weighted by atomic mass is 10.0. The highest BCUT2D eigenvalue weighted by Gasteiger charge is 2.19. The number of carbonyl (C=O) groups excluding carboxylic acids is 1. The van der Waals surface area contributed by atoms with Gasteiger partial charge in [-0.2, -0.15) is 0 Å². The summed E-state index contributed by atoms with van der Waals surface area (Å²) in [4.78, 5) is 22.2. The van der Waals surface area contributed by atoms with Crippen LogP contribution in [-0.4, -0.2) is 61.0 Å². The van der Waals surface area contributed by atoms with Gasteiger partial charge in [-0.15, -0.1) is 0 Å². The minimum Gasteiger partial charge on any atom is -0.497 e. The number of ether oxygens (including phenoxy) is 1. The molecule has 4 rings (SSSR count). The number of carbonyl (C=O) groups is 1. The molecule has 0 atom stereocenters. The summed E-state index contributed by atoms with van der Waals surface area (Å²) < 4.78 is 10.7. The number of aromatic nitrogens is 1. The van der Waals surface area contributed by atoms with E-state index in [1.807, 2.05) is 42.5 Å². The van der Waals surface area contributed by atoms with Gasteiger partial charge in [0.15, 0.2) is 5.89 Å². The molecule has 0 radical (unpaired) electrons. The molecule has 0 spiro atoms. The monoisotopic (exact) mass is 464 g/mol. The number of likely N-dealkylation sites (N-methyl/N-ethyl adjacent to an activating group) is 1. The van der Waals surface area contributed by atoms with Crippen molar-refractivity contribution in [1.82, 2.24) is 14.8 Å². The highest BCUT2D eigenvalue weighted by molar-refractivity contribution is 6.05. The van der Waals surface area contributed by atoms with E-state index in [9.17, 15) is 4.79 Å². The van der Waals surface area contributed by atoms with Gasteiger partial charge in [0.1, 0.15) is 17.7 Å². The number of aryl methyl sites for hydroxylation is 1. The zero-order valence-electron chi connectivity index (χ0n) is 20.9. The largest absolute Gasteiger partial charge is 0.497 e. The molecule has 2 heterocycles. The lowest BCUT2D eigenvalue weighted by Gasteiger charge is -2.32. The first kappa shape index (κ1) is 25.5. The topological polar surface area (TPSA) is 70.8 Å². The van der Waals surface area contributed by atoms with E-state index in [1.54, 1.807) is 20.3 Å². The Bertz CT molecular complexity index is 1070. The number of hydrogen-bond donors (Lipinski definition) is 1. The summed E-state index contributed by atoms with van der Waals surface area (Å²) in [7, 11) is 3.78. The fraction of sp³-hybridized carbons (Fsp3) is 0.407. The maximum atomic E-state index is 13.2. The minimum absolute atomic E-state index is 0.139. The summed E-state index contributed by atoms with van der Waals surface area (Å²) in [6.07, 6.45) is 2.87. The maximum absolute atomic E-state index is 13.2. The first-order chi connectivity index (χ1) is 16.4. The summed E-state index contributed by atoms with van der Waals surface area (Å²) >= 11 is 0. The molecule has 182 valence electrons. The van der Waals surface area contributed by atoms with Crippen molar-refractivity contribution in [2.45, 2.75) is 33.7 Å². The predicted molar refractivity (Wildman–Crippen MR) is 136 cm³/mol. The number of nitrogens with zero attached hydrogens (tertiary/aromatic N) is 3. The second-order valence-electron chi connectivity index (χ2n) is 8.60. The molecule has 3 aromatic rings. The summed E-state index contributed by atoms with van der Waals surface area (Å²) in [6, 6.07) is 13.2. The van der Waals surface area contributed by atoms with Crippen molar-refractivity contribution in [3.05, 3.63) is 65.7 Å². The van der Waals surface area contributed by atoms with E-state index in [1.165, 1.54) is 6.42 Å². The molecular formula is C27H36N4O3. The second-order valence-corrected chi connectivity index (χ2v) is 8.60. The van der Waals surface area contributed by atoms with Crippen LogP contribution in [0.3, 0.4) is 0 Å². The number of benzene rings is 2. The zero-order chi connectivity index (χ0) is 24.5. The number of amides is 1. The van der Waals surface area contributed by atoms with Gasteiger partial charge in [-0.05, 0) is 42.9 Å². The van der Waals surface area contributed by atoms with E-state index in [0.29, 0.717) is 23.7 Å². The molecule has 1 saturated heterocycles. The molecule has 0 saturated carbocycles. The van der Waals surface area contributed by atoms with Crippen molar-refractivity contribution >= 4 is 11.6 Å². The van der Waals surface area contributed by atoms with Gasteiger partial charge in [0, 0.05) is 56.5 Å². The van der Waals surface area contributed by atoms with Gasteiger partial charge < -0.3 is 19.4 Å². The van der Waals surface area contributed by atoms with E-state index >= 15 is 0 Å². The third-order valence-electron chi connectivity index (χ3n) is 5.58. The van der Waals surface area contributed by atoms with Crippen molar-refractivity contribution in [3.63, 3.8) is 0 Å². The molecule has 7 nitrogen and oxygen atoms in total. The van der Waals surface area contributed by atoms with Crippen LogP contribution >= 0.6 is 0 Å².